The number of nitrogens with zero attached hydrogens (tertiary/aromatic N) is 1. The topological polar surface area (TPSA) is 73.5 Å². The molecule has 1 heterocycles. The van der Waals surface area contributed by atoms with Gasteiger partial charge in [-0.1, -0.05) is 24.3 Å². The van der Waals surface area contributed by atoms with Crippen LogP contribution in [0.4, 0.5) is 8.78 Å². The Kier molecular flexibility index (Phi) is 5.85. The maximum Gasteiger partial charge on any atom is 0.419 e. The molecule has 3 aromatic rings. The minimum Gasteiger partial charge on any atom is -0.435 e. The van der Waals surface area contributed by atoms with Gasteiger partial charge in [-0.2, -0.15) is 8.78 Å². The van der Waals surface area contributed by atoms with E-state index in [1.165, 1.54) is 16.7 Å². The number of benzene rings is 2. The summed E-state index contributed by atoms with van der Waals surface area (Å²) in [6.45, 7) is -2.23. The van der Waals surface area contributed by atoms with E-state index in [4.69, 9.17) is 4.42 Å². The lowest BCUT2D eigenvalue weighted by Gasteiger charge is -2.07. The first-order chi connectivity index (χ1) is 13.0. The van der Waals surface area contributed by atoms with Gasteiger partial charge in [-0.05, 0) is 36.2 Å². The Morgan fingerprint density at radius 3 is 2.63 bits per heavy atom. The van der Waals surface area contributed by atoms with Crippen molar-refractivity contribution < 1.29 is 22.7 Å². The summed E-state index contributed by atoms with van der Waals surface area (Å²) in [5.74, 6) is -0.587. The first kappa shape index (κ1) is 18.6. The fraction of sp³-hybridized carbons (Fsp3) is 0.263. The molecule has 0 atom stereocenters. The highest BCUT2D eigenvalue weighted by molar-refractivity contribution is 5.76. The number of para-hydroxylation sites is 2. The molecule has 0 aliphatic heterocycles. The molecule has 1 N–H and O–H groups in total. The summed E-state index contributed by atoms with van der Waals surface area (Å²) >= 11 is 0. The molecule has 1 amide bonds. The minimum absolute atomic E-state index is 0.0931. The molecule has 0 unspecified atom stereocenters. The molecule has 3 rings (SSSR count). The van der Waals surface area contributed by atoms with Gasteiger partial charge < -0.3 is 14.5 Å². The molecule has 2 aromatic carbocycles. The van der Waals surface area contributed by atoms with Gasteiger partial charge in [-0.15, -0.1) is 0 Å². The van der Waals surface area contributed by atoms with Crippen molar-refractivity contribution in [1.29, 1.82) is 0 Å². The number of hydrogen-bond acceptors (Lipinski definition) is 4. The lowest BCUT2D eigenvalue weighted by molar-refractivity contribution is -0.121. The second kappa shape index (κ2) is 8.48. The number of hydrogen-bond donors (Lipinski definition) is 1. The smallest absolute Gasteiger partial charge is 0.419 e. The molecule has 0 aliphatic carbocycles. The molecule has 0 saturated heterocycles. The summed E-state index contributed by atoms with van der Waals surface area (Å²) in [6.07, 6.45) is 0.694. The number of alkyl halides is 2. The number of rotatable bonds is 8. The van der Waals surface area contributed by atoms with Gasteiger partial charge >= 0.3 is 12.4 Å². The number of amides is 1. The third kappa shape index (κ3) is 4.93. The average Bonchev–Trinajstić information content (AvgIpc) is 2.96. The van der Waals surface area contributed by atoms with E-state index in [1.807, 2.05) is 0 Å². The van der Waals surface area contributed by atoms with Gasteiger partial charge in [0.25, 0.3) is 0 Å². The number of carbonyl (C=O) groups excluding carboxylic acids is 1. The van der Waals surface area contributed by atoms with Gasteiger partial charge in [0, 0.05) is 19.5 Å². The molecule has 27 heavy (non-hydrogen) atoms. The van der Waals surface area contributed by atoms with Gasteiger partial charge in [0.15, 0.2) is 5.58 Å². The highest BCUT2D eigenvalue weighted by Gasteiger charge is 2.10. The van der Waals surface area contributed by atoms with E-state index in [9.17, 15) is 18.4 Å². The lowest BCUT2D eigenvalue weighted by Crippen LogP contribution is -2.27. The average molecular weight is 376 g/mol. The summed E-state index contributed by atoms with van der Waals surface area (Å²) in [4.78, 5) is 23.8. The number of carbonyl (C=O) groups is 1. The van der Waals surface area contributed by atoms with E-state index < -0.39 is 12.4 Å². The van der Waals surface area contributed by atoms with E-state index in [0.717, 1.165) is 5.56 Å². The summed E-state index contributed by atoms with van der Waals surface area (Å²) < 4.78 is 35.0. The molecular weight excluding hydrogens is 358 g/mol. The largest absolute Gasteiger partial charge is 0.435 e. The van der Waals surface area contributed by atoms with Gasteiger partial charge in [0.1, 0.15) is 5.75 Å². The Morgan fingerprint density at radius 2 is 1.89 bits per heavy atom. The van der Waals surface area contributed by atoms with Crippen LogP contribution in [0.25, 0.3) is 11.1 Å². The Bertz CT molecular complexity index is 964. The fourth-order valence-corrected chi connectivity index (χ4v) is 2.71. The zero-order chi connectivity index (χ0) is 19.2. The quantitative estimate of drug-likeness (QED) is 0.656. The van der Waals surface area contributed by atoms with Crippen molar-refractivity contribution in [3.8, 4) is 5.75 Å². The third-order valence-corrected chi connectivity index (χ3v) is 4.02. The van der Waals surface area contributed by atoms with Crippen LogP contribution in [0.15, 0.2) is 57.7 Å². The first-order valence-corrected chi connectivity index (χ1v) is 8.42. The van der Waals surface area contributed by atoms with Gasteiger partial charge in [0.05, 0.1) is 5.52 Å². The number of ether oxygens (including phenoxy) is 1. The molecule has 0 radical (unpaired) electrons. The van der Waals surface area contributed by atoms with Crippen molar-refractivity contribution >= 4 is 17.0 Å². The standard InChI is InChI=1S/C19H18F2N2O4/c20-18(21)26-14-7-5-13(6-8-14)9-11-22-17(24)10-12-23-15-3-1-2-4-16(15)27-19(23)25/h1-8,18H,9-12H2,(H,22,24). The second-order valence-electron chi connectivity index (χ2n) is 5.86. The zero-order valence-corrected chi connectivity index (χ0v) is 14.4. The molecule has 0 aliphatic rings. The lowest BCUT2D eigenvalue weighted by atomic mass is 10.1. The fourth-order valence-electron chi connectivity index (χ4n) is 2.71. The van der Waals surface area contributed by atoms with Crippen LogP contribution in [0, 0.1) is 0 Å². The summed E-state index contributed by atoms with van der Waals surface area (Å²) in [6, 6.07) is 13.3. The molecule has 0 saturated carbocycles. The van der Waals surface area contributed by atoms with Crippen molar-refractivity contribution in [2.45, 2.75) is 26.0 Å². The van der Waals surface area contributed by atoms with Gasteiger partial charge in [-0.25, -0.2) is 4.79 Å². The second-order valence-corrected chi connectivity index (χ2v) is 5.86. The number of aromatic nitrogens is 1. The van der Waals surface area contributed by atoms with E-state index >= 15 is 0 Å². The summed E-state index contributed by atoms with van der Waals surface area (Å²) in [5, 5.41) is 2.77. The maximum atomic E-state index is 12.1. The third-order valence-electron chi connectivity index (χ3n) is 4.02. The van der Waals surface area contributed by atoms with Crippen LogP contribution in [0.5, 0.6) is 5.75 Å². The number of halogens is 2. The molecule has 0 spiro atoms. The van der Waals surface area contributed by atoms with E-state index in [0.29, 0.717) is 24.1 Å². The molecular formula is C19H18F2N2O4. The first-order valence-electron chi connectivity index (χ1n) is 8.42. The molecule has 8 heteroatoms. The van der Waals surface area contributed by atoms with E-state index in [2.05, 4.69) is 10.1 Å². The van der Waals surface area contributed by atoms with Crippen LogP contribution in [0.1, 0.15) is 12.0 Å². The number of aryl methyl sites for hydroxylation is 1. The van der Waals surface area contributed by atoms with Crippen molar-refractivity contribution in [2.24, 2.45) is 0 Å². The Hall–Kier alpha value is -3.16. The monoisotopic (exact) mass is 376 g/mol. The predicted octanol–water partition coefficient (Wildman–Crippen LogP) is 2.94. The molecule has 0 fully saturated rings. The van der Waals surface area contributed by atoms with Crippen molar-refractivity contribution in [3.63, 3.8) is 0 Å². The zero-order valence-electron chi connectivity index (χ0n) is 14.4. The highest BCUT2D eigenvalue weighted by atomic mass is 19.3. The van der Waals surface area contributed by atoms with Gasteiger partial charge in [-0.3, -0.25) is 9.36 Å². The van der Waals surface area contributed by atoms with Crippen LogP contribution in [-0.4, -0.2) is 23.6 Å². The summed E-state index contributed by atoms with van der Waals surface area (Å²) in [7, 11) is 0. The van der Waals surface area contributed by atoms with Crippen LogP contribution >= 0.6 is 0 Å². The van der Waals surface area contributed by atoms with Crippen LogP contribution in [-0.2, 0) is 17.8 Å². The highest BCUT2D eigenvalue weighted by Crippen LogP contribution is 2.15. The Labute approximate surface area is 153 Å². The Morgan fingerprint density at radius 1 is 1.15 bits per heavy atom. The number of nitrogens with one attached hydrogen (secondary N) is 1. The normalized spacial score (nSPS) is 11.1. The molecule has 142 valence electrons. The predicted molar refractivity (Wildman–Crippen MR) is 94.9 cm³/mol. The molecule has 0 bridgehead atoms. The van der Waals surface area contributed by atoms with E-state index in [-0.39, 0.29) is 24.6 Å². The number of fused-ring (bicyclic) bond motifs is 1. The van der Waals surface area contributed by atoms with Crippen LogP contribution in [0.3, 0.4) is 0 Å². The van der Waals surface area contributed by atoms with Crippen LogP contribution < -0.4 is 15.8 Å². The van der Waals surface area contributed by atoms with Crippen molar-refractivity contribution in [2.75, 3.05) is 6.54 Å². The maximum absolute atomic E-state index is 12.1. The van der Waals surface area contributed by atoms with E-state index in [1.54, 1.807) is 36.4 Å². The molecule has 6 nitrogen and oxygen atoms in total. The SMILES string of the molecule is O=C(CCn1c(=O)oc2ccccc21)NCCc1ccc(OC(F)F)cc1. The van der Waals surface area contributed by atoms with Crippen molar-refractivity contribution in [1.82, 2.24) is 9.88 Å². The van der Waals surface area contributed by atoms with Gasteiger partial charge in [0.2, 0.25) is 5.91 Å². The number of oxazole rings is 1. The summed E-state index contributed by atoms with van der Waals surface area (Å²) in [5.41, 5.74) is 2.03. The minimum atomic E-state index is -2.85. The van der Waals surface area contributed by atoms with Crippen LogP contribution in [0.2, 0.25) is 0 Å². The molecule has 1 aromatic heterocycles. The van der Waals surface area contributed by atoms with Crippen molar-refractivity contribution in [3.05, 3.63) is 64.6 Å². The Balaban J connectivity index is 1.46.